The molecule has 29 heavy (non-hydrogen) atoms. The lowest BCUT2D eigenvalue weighted by Gasteiger charge is -2.27. The molecule has 1 unspecified atom stereocenters. The van der Waals surface area contributed by atoms with Gasteiger partial charge in [-0.15, -0.1) is 0 Å². The summed E-state index contributed by atoms with van der Waals surface area (Å²) in [5, 5.41) is 1.80. The number of nitrogens with one attached hydrogen (secondary N) is 1. The van der Waals surface area contributed by atoms with Crippen molar-refractivity contribution in [2.45, 2.75) is 42.0 Å². The molecule has 1 N–H and O–H groups in total. The molecule has 3 aromatic carbocycles. The van der Waals surface area contributed by atoms with Gasteiger partial charge in [0.25, 0.3) is 0 Å². The number of hydrogen-bond acceptors (Lipinski definition) is 3. The van der Waals surface area contributed by atoms with Crippen LogP contribution in [0.2, 0.25) is 0 Å². The number of benzene rings is 3. The van der Waals surface area contributed by atoms with E-state index in [4.69, 9.17) is 0 Å². The maximum absolute atomic E-state index is 15.6. The molecule has 0 aliphatic carbocycles. The summed E-state index contributed by atoms with van der Waals surface area (Å²) < 4.78 is 56.2. The average molecular weight is 434 g/mol. The van der Waals surface area contributed by atoms with Gasteiger partial charge in [0.1, 0.15) is 0 Å². The highest BCUT2D eigenvalue weighted by Crippen LogP contribution is 2.31. The molecular formula is C22H24FNO3S2. The molecule has 0 saturated heterocycles. The van der Waals surface area contributed by atoms with Crippen molar-refractivity contribution in [3.63, 3.8) is 0 Å². The Bertz CT molecular complexity index is 1130. The van der Waals surface area contributed by atoms with Gasteiger partial charge in [0.05, 0.1) is 26.7 Å². The van der Waals surface area contributed by atoms with Gasteiger partial charge >= 0.3 is 0 Å². The van der Waals surface area contributed by atoms with Gasteiger partial charge in [-0.1, -0.05) is 54.6 Å². The van der Waals surface area contributed by atoms with Crippen molar-refractivity contribution in [3.8, 4) is 0 Å². The van der Waals surface area contributed by atoms with Crippen LogP contribution in [0.1, 0.15) is 32.4 Å². The molecule has 0 fully saturated rings. The molecule has 0 saturated carbocycles. The lowest BCUT2D eigenvalue weighted by molar-refractivity contribution is 0.354. The Labute approximate surface area is 173 Å². The van der Waals surface area contributed by atoms with Crippen LogP contribution in [0.5, 0.6) is 0 Å². The lowest BCUT2D eigenvalue weighted by Crippen LogP contribution is -2.41. The first-order chi connectivity index (χ1) is 13.6. The Morgan fingerprint density at radius 3 is 2.10 bits per heavy atom. The van der Waals surface area contributed by atoms with E-state index in [1.807, 2.05) is 24.3 Å². The zero-order valence-electron chi connectivity index (χ0n) is 16.5. The van der Waals surface area contributed by atoms with E-state index in [1.54, 1.807) is 57.2 Å². The van der Waals surface area contributed by atoms with Crippen LogP contribution in [-0.4, -0.2) is 22.9 Å². The van der Waals surface area contributed by atoms with Gasteiger partial charge < -0.3 is 0 Å². The zero-order valence-corrected chi connectivity index (χ0v) is 18.1. The van der Waals surface area contributed by atoms with Crippen molar-refractivity contribution < 1.29 is 17.0 Å². The zero-order chi connectivity index (χ0) is 21.2. The van der Waals surface area contributed by atoms with Gasteiger partial charge in [0.2, 0.25) is 15.3 Å². The van der Waals surface area contributed by atoms with Crippen LogP contribution in [0.25, 0.3) is 10.8 Å². The maximum atomic E-state index is 15.6. The van der Waals surface area contributed by atoms with Crippen molar-refractivity contribution in [2.75, 3.05) is 0 Å². The number of fused-ring (bicyclic) bond motifs is 1. The maximum Gasteiger partial charge on any atom is 0.225 e. The molecule has 3 rings (SSSR count). The molecule has 0 radical (unpaired) electrons. The third-order valence-corrected chi connectivity index (χ3v) is 7.93. The van der Waals surface area contributed by atoms with E-state index in [2.05, 4.69) is 4.72 Å². The molecule has 0 spiro atoms. The van der Waals surface area contributed by atoms with Crippen LogP contribution in [0, 0.1) is 0 Å². The fourth-order valence-corrected chi connectivity index (χ4v) is 5.19. The van der Waals surface area contributed by atoms with Crippen molar-refractivity contribution >= 4 is 31.6 Å². The summed E-state index contributed by atoms with van der Waals surface area (Å²) in [6, 6.07) is 19.0. The SMILES string of the molecule is CC(C)(C)[S@@](=O)N[C@H](c1ccc2ccccc2c1)C(F)S(=O)(=O)c1ccccc1. The van der Waals surface area contributed by atoms with Crippen molar-refractivity contribution in [3.05, 3.63) is 78.4 Å². The largest absolute Gasteiger partial charge is 0.242 e. The number of alkyl halides is 1. The highest BCUT2D eigenvalue weighted by Gasteiger charge is 2.38. The molecule has 0 aliphatic heterocycles. The van der Waals surface area contributed by atoms with Gasteiger partial charge in [-0.2, -0.15) is 0 Å². The van der Waals surface area contributed by atoms with E-state index < -0.39 is 37.1 Å². The summed E-state index contributed by atoms with van der Waals surface area (Å²) in [4.78, 5) is -0.110. The molecule has 0 heterocycles. The fourth-order valence-electron chi connectivity index (χ4n) is 2.89. The first-order valence-corrected chi connectivity index (χ1v) is 11.9. The summed E-state index contributed by atoms with van der Waals surface area (Å²) in [6.45, 7) is 5.23. The molecule has 0 amide bonds. The minimum Gasteiger partial charge on any atom is -0.242 e. The molecule has 154 valence electrons. The highest BCUT2D eigenvalue weighted by molar-refractivity contribution is 7.92. The standard InChI is InChI=1S/C22H24FNO3S2/c1-22(2,3)28(25)24-20(18-14-13-16-9-7-8-10-17(16)15-18)21(23)29(26,27)19-11-5-4-6-12-19/h4-15,20-21,24H,1-3H3/t20-,21?,28-/m1/s1. The van der Waals surface area contributed by atoms with E-state index in [0.29, 0.717) is 5.56 Å². The van der Waals surface area contributed by atoms with Crippen LogP contribution >= 0.6 is 0 Å². The summed E-state index contributed by atoms with van der Waals surface area (Å²) in [5.74, 6) is 0. The molecule has 0 aromatic heterocycles. The van der Waals surface area contributed by atoms with Gasteiger partial charge in [0.15, 0.2) is 0 Å². The molecule has 4 nitrogen and oxygen atoms in total. The summed E-state index contributed by atoms with van der Waals surface area (Å²) >= 11 is 0. The monoisotopic (exact) mass is 433 g/mol. The Morgan fingerprint density at radius 2 is 1.48 bits per heavy atom. The molecule has 3 atom stereocenters. The highest BCUT2D eigenvalue weighted by atomic mass is 32.2. The first kappa shape index (κ1) is 21.6. The predicted octanol–water partition coefficient (Wildman–Crippen LogP) is 4.70. The second kappa shape index (κ2) is 8.34. The number of rotatable bonds is 6. The van der Waals surface area contributed by atoms with Crippen molar-refractivity contribution in [2.24, 2.45) is 0 Å². The smallest absolute Gasteiger partial charge is 0.225 e. The van der Waals surface area contributed by atoms with Crippen LogP contribution in [0.3, 0.4) is 0 Å². The quantitative estimate of drug-likeness (QED) is 0.613. The van der Waals surface area contributed by atoms with Crippen LogP contribution in [0.15, 0.2) is 77.7 Å². The topological polar surface area (TPSA) is 63.2 Å². The Morgan fingerprint density at radius 1 is 0.897 bits per heavy atom. The fraction of sp³-hybridized carbons (Fsp3) is 0.273. The molecule has 0 aliphatic rings. The van der Waals surface area contributed by atoms with E-state index in [1.165, 1.54) is 12.1 Å². The van der Waals surface area contributed by atoms with Gasteiger partial charge in [-0.25, -0.2) is 21.7 Å². The number of sulfone groups is 1. The third-order valence-electron chi connectivity index (χ3n) is 4.55. The lowest BCUT2D eigenvalue weighted by atomic mass is 10.0. The van der Waals surface area contributed by atoms with E-state index in [0.717, 1.165) is 10.8 Å². The predicted molar refractivity (Wildman–Crippen MR) is 116 cm³/mol. The van der Waals surface area contributed by atoms with Crippen LogP contribution in [-0.2, 0) is 20.8 Å². The summed E-state index contributed by atoms with van der Waals surface area (Å²) in [6.07, 6.45) is 0. The first-order valence-electron chi connectivity index (χ1n) is 9.20. The van der Waals surface area contributed by atoms with E-state index in [-0.39, 0.29) is 4.90 Å². The summed E-state index contributed by atoms with van der Waals surface area (Å²) in [5.41, 5.74) is -1.88. The van der Waals surface area contributed by atoms with Gasteiger partial charge in [0, 0.05) is 0 Å². The second-order valence-corrected chi connectivity index (χ2v) is 11.8. The molecule has 7 heteroatoms. The van der Waals surface area contributed by atoms with Gasteiger partial charge in [-0.05, 0) is 55.3 Å². The molecule has 0 bridgehead atoms. The normalized spacial score (nSPS) is 15.7. The van der Waals surface area contributed by atoms with E-state index >= 15 is 4.39 Å². The van der Waals surface area contributed by atoms with Gasteiger partial charge in [-0.3, -0.25) is 0 Å². The molecular weight excluding hydrogens is 409 g/mol. The molecule has 3 aromatic rings. The van der Waals surface area contributed by atoms with Crippen LogP contribution in [0.4, 0.5) is 4.39 Å². The van der Waals surface area contributed by atoms with Crippen molar-refractivity contribution in [1.29, 1.82) is 0 Å². The Hall–Kier alpha value is -2.09. The average Bonchev–Trinajstić information content (AvgIpc) is 2.71. The Kier molecular flexibility index (Phi) is 6.22. The van der Waals surface area contributed by atoms with E-state index in [9.17, 15) is 12.6 Å². The Balaban J connectivity index is 2.08. The second-order valence-electron chi connectivity index (χ2n) is 7.79. The minimum atomic E-state index is -4.29. The third kappa shape index (κ3) is 4.74. The minimum absolute atomic E-state index is 0.110. The summed E-state index contributed by atoms with van der Waals surface area (Å²) in [7, 11) is -5.96. The number of hydrogen-bond donors (Lipinski definition) is 1. The number of halogens is 1. The van der Waals surface area contributed by atoms with Crippen molar-refractivity contribution in [1.82, 2.24) is 4.72 Å². The van der Waals surface area contributed by atoms with Crippen LogP contribution < -0.4 is 4.72 Å².